The number of rotatable bonds is 5. The molecule has 2 unspecified atom stereocenters. The van der Waals surface area contributed by atoms with Gasteiger partial charge in [0.1, 0.15) is 0 Å². The molecule has 1 fully saturated rings. The van der Waals surface area contributed by atoms with Crippen molar-refractivity contribution in [3.8, 4) is 0 Å². The van der Waals surface area contributed by atoms with E-state index >= 15 is 0 Å². The number of amides is 1. The van der Waals surface area contributed by atoms with Crippen LogP contribution in [-0.2, 0) is 4.79 Å². The van der Waals surface area contributed by atoms with Crippen LogP contribution < -0.4 is 0 Å². The smallest absolute Gasteiger partial charge is 0.223 e. The number of nitrogens with zero attached hydrogens (tertiary/aromatic N) is 2. The highest BCUT2D eigenvalue weighted by molar-refractivity contribution is 5.78. The van der Waals surface area contributed by atoms with Crippen molar-refractivity contribution < 1.29 is 9.90 Å². The summed E-state index contributed by atoms with van der Waals surface area (Å²) in [4.78, 5) is 16.0. The molecule has 0 bridgehead atoms. The minimum absolute atomic E-state index is 0.0966. The molecule has 1 aliphatic rings. The fourth-order valence-corrected chi connectivity index (χ4v) is 2.72. The number of carbonyl (C=O) groups excluding carboxylic acids is 1. The van der Waals surface area contributed by atoms with Crippen LogP contribution in [0.4, 0.5) is 0 Å². The van der Waals surface area contributed by atoms with E-state index in [0.29, 0.717) is 19.5 Å². The molecule has 1 heterocycles. The molecule has 110 valence electrons. The number of aliphatic hydroxyl groups excluding tert-OH is 1. The maximum Gasteiger partial charge on any atom is 0.223 e. The van der Waals surface area contributed by atoms with Crippen LogP contribution in [0, 0.1) is 12.8 Å². The van der Waals surface area contributed by atoms with E-state index in [9.17, 15) is 9.90 Å². The van der Waals surface area contributed by atoms with Gasteiger partial charge in [-0.1, -0.05) is 29.8 Å². The number of aliphatic hydroxyl groups is 1. The van der Waals surface area contributed by atoms with Gasteiger partial charge in [0.25, 0.3) is 0 Å². The highest BCUT2D eigenvalue weighted by atomic mass is 16.3. The fourth-order valence-electron chi connectivity index (χ4n) is 2.72. The molecule has 1 amide bonds. The van der Waals surface area contributed by atoms with E-state index in [1.807, 2.05) is 19.0 Å². The lowest BCUT2D eigenvalue weighted by molar-refractivity contribution is -0.128. The fraction of sp³-hybridized carbons (Fsp3) is 0.562. The SMILES string of the molecule is Cc1ccc(C(CN2CC(CO)CC2=O)N(C)C)cc1. The van der Waals surface area contributed by atoms with Gasteiger partial charge >= 0.3 is 0 Å². The second kappa shape index (κ2) is 6.37. The van der Waals surface area contributed by atoms with Gasteiger partial charge in [0.05, 0.1) is 6.04 Å². The van der Waals surface area contributed by atoms with E-state index in [-0.39, 0.29) is 24.5 Å². The average molecular weight is 276 g/mol. The van der Waals surface area contributed by atoms with Crippen molar-refractivity contribution >= 4 is 5.91 Å². The first-order valence-corrected chi connectivity index (χ1v) is 7.13. The average Bonchev–Trinajstić information content (AvgIpc) is 2.77. The summed E-state index contributed by atoms with van der Waals surface area (Å²) < 4.78 is 0. The first-order valence-electron chi connectivity index (χ1n) is 7.13. The number of hydrogen-bond donors (Lipinski definition) is 1. The highest BCUT2D eigenvalue weighted by Gasteiger charge is 2.31. The Hall–Kier alpha value is -1.39. The number of carbonyl (C=O) groups is 1. The Morgan fingerprint density at radius 1 is 1.35 bits per heavy atom. The molecule has 1 aromatic rings. The van der Waals surface area contributed by atoms with E-state index < -0.39 is 0 Å². The van der Waals surface area contributed by atoms with Gasteiger partial charge in [0.15, 0.2) is 0 Å². The zero-order valence-electron chi connectivity index (χ0n) is 12.5. The van der Waals surface area contributed by atoms with Gasteiger partial charge in [0, 0.05) is 32.0 Å². The largest absolute Gasteiger partial charge is 0.396 e. The predicted molar refractivity (Wildman–Crippen MR) is 79.4 cm³/mol. The molecule has 0 aliphatic carbocycles. The predicted octanol–water partition coefficient (Wildman–Crippen LogP) is 1.44. The second-order valence-corrected chi connectivity index (χ2v) is 5.94. The molecule has 0 spiro atoms. The molecule has 1 aromatic carbocycles. The minimum atomic E-state index is 0.0966. The standard InChI is InChI=1S/C16H24N2O2/c1-12-4-6-14(7-5-12)15(17(2)3)10-18-9-13(11-19)8-16(18)20/h4-7,13,15,19H,8-11H2,1-3H3. The molecule has 4 heteroatoms. The number of likely N-dealkylation sites (tertiary alicyclic amines) is 1. The van der Waals surface area contributed by atoms with Crippen LogP contribution in [0.25, 0.3) is 0 Å². The van der Waals surface area contributed by atoms with Gasteiger partial charge < -0.3 is 14.9 Å². The third kappa shape index (κ3) is 3.38. The van der Waals surface area contributed by atoms with E-state index in [2.05, 4.69) is 36.1 Å². The van der Waals surface area contributed by atoms with Crippen molar-refractivity contribution in [2.45, 2.75) is 19.4 Å². The minimum Gasteiger partial charge on any atom is -0.396 e. The molecule has 1 aliphatic heterocycles. The van der Waals surface area contributed by atoms with E-state index in [4.69, 9.17) is 0 Å². The Kier molecular flexibility index (Phi) is 4.78. The normalized spacial score (nSPS) is 20.8. The highest BCUT2D eigenvalue weighted by Crippen LogP contribution is 2.24. The van der Waals surface area contributed by atoms with Crippen molar-refractivity contribution in [3.63, 3.8) is 0 Å². The maximum absolute atomic E-state index is 12.0. The molecule has 2 rings (SSSR count). The topological polar surface area (TPSA) is 43.8 Å². The second-order valence-electron chi connectivity index (χ2n) is 5.94. The molecule has 0 aromatic heterocycles. The van der Waals surface area contributed by atoms with Gasteiger partial charge in [-0.05, 0) is 26.6 Å². The summed E-state index contributed by atoms with van der Waals surface area (Å²) in [6.07, 6.45) is 0.477. The van der Waals surface area contributed by atoms with Crippen molar-refractivity contribution in [2.24, 2.45) is 5.92 Å². The molecule has 1 N–H and O–H groups in total. The summed E-state index contributed by atoms with van der Waals surface area (Å²) in [7, 11) is 4.07. The Labute approximate surface area is 121 Å². The third-order valence-electron chi connectivity index (χ3n) is 4.03. The van der Waals surface area contributed by atoms with Crippen molar-refractivity contribution in [1.29, 1.82) is 0 Å². The van der Waals surface area contributed by atoms with Crippen LogP contribution >= 0.6 is 0 Å². The zero-order valence-corrected chi connectivity index (χ0v) is 12.5. The maximum atomic E-state index is 12.0. The number of aryl methyl sites for hydroxylation is 1. The van der Waals surface area contributed by atoms with Crippen LogP contribution in [0.15, 0.2) is 24.3 Å². The number of hydrogen-bond acceptors (Lipinski definition) is 3. The first kappa shape index (κ1) is 15.0. The molecule has 0 saturated carbocycles. The van der Waals surface area contributed by atoms with E-state index in [0.717, 1.165) is 0 Å². The first-order chi connectivity index (χ1) is 9.51. The van der Waals surface area contributed by atoms with Gasteiger partial charge in [-0.3, -0.25) is 4.79 Å². The van der Waals surface area contributed by atoms with Crippen LogP contribution in [0.5, 0.6) is 0 Å². The molecule has 4 nitrogen and oxygen atoms in total. The Balaban J connectivity index is 2.10. The molecule has 2 atom stereocenters. The van der Waals surface area contributed by atoms with Gasteiger partial charge in [-0.25, -0.2) is 0 Å². The number of benzene rings is 1. The molecular formula is C16H24N2O2. The van der Waals surface area contributed by atoms with Crippen LogP contribution in [0.2, 0.25) is 0 Å². The van der Waals surface area contributed by atoms with Gasteiger partial charge in [0.2, 0.25) is 5.91 Å². The van der Waals surface area contributed by atoms with E-state index in [1.165, 1.54) is 11.1 Å². The molecule has 20 heavy (non-hydrogen) atoms. The molecule has 1 saturated heterocycles. The Morgan fingerprint density at radius 2 is 2.00 bits per heavy atom. The Morgan fingerprint density at radius 3 is 2.50 bits per heavy atom. The lowest BCUT2D eigenvalue weighted by atomic mass is 10.0. The molecule has 0 radical (unpaired) electrons. The van der Waals surface area contributed by atoms with Crippen LogP contribution in [0.1, 0.15) is 23.6 Å². The summed E-state index contributed by atoms with van der Waals surface area (Å²) in [5.41, 5.74) is 2.46. The van der Waals surface area contributed by atoms with Gasteiger partial charge in [-0.2, -0.15) is 0 Å². The summed E-state index contributed by atoms with van der Waals surface area (Å²) in [5, 5.41) is 9.20. The summed E-state index contributed by atoms with van der Waals surface area (Å²) >= 11 is 0. The lowest BCUT2D eigenvalue weighted by Crippen LogP contribution is -2.36. The number of likely N-dealkylation sites (N-methyl/N-ethyl adjacent to an activating group) is 1. The van der Waals surface area contributed by atoms with Gasteiger partial charge in [-0.15, -0.1) is 0 Å². The summed E-state index contributed by atoms with van der Waals surface area (Å²) in [5.74, 6) is 0.256. The van der Waals surface area contributed by atoms with Crippen molar-refractivity contribution in [3.05, 3.63) is 35.4 Å². The Bertz CT molecular complexity index is 456. The van der Waals surface area contributed by atoms with Crippen LogP contribution in [-0.4, -0.2) is 54.6 Å². The third-order valence-corrected chi connectivity index (χ3v) is 4.03. The van der Waals surface area contributed by atoms with Crippen molar-refractivity contribution in [2.75, 3.05) is 33.8 Å². The lowest BCUT2D eigenvalue weighted by Gasteiger charge is -2.29. The van der Waals surface area contributed by atoms with Crippen LogP contribution in [0.3, 0.4) is 0 Å². The van der Waals surface area contributed by atoms with E-state index in [1.54, 1.807) is 0 Å². The summed E-state index contributed by atoms with van der Waals surface area (Å²) in [6, 6.07) is 8.66. The zero-order chi connectivity index (χ0) is 14.7. The quantitative estimate of drug-likeness (QED) is 0.885. The summed E-state index contributed by atoms with van der Waals surface area (Å²) in [6.45, 7) is 3.53. The molecular weight excluding hydrogens is 252 g/mol. The monoisotopic (exact) mass is 276 g/mol. The van der Waals surface area contributed by atoms with Crippen molar-refractivity contribution in [1.82, 2.24) is 9.80 Å².